The molecule has 0 aromatic rings. The third-order valence-electron chi connectivity index (χ3n) is 6.00. The lowest BCUT2D eigenvalue weighted by Crippen LogP contribution is -1.96. The molecule has 0 atom stereocenters. The number of unbranched alkanes of at least 4 members (excludes halogenated alkanes) is 20. The Bertz CT molecular complexity index is 362. The summed E-state index contributed by atoms with van der Waals surface area (Å²) >= 11 is 9.91. The van der Waals surface area contributed by atoms with Crippen LogP contribution in [0.25, 0.3) is 0 Å². The fourth-order valence-corrected chi connectivity index (χ4v) is 5.66. The zero-order valence-corrected chi connectivity index (χ0v) is 23.7. The Morgan fingerprint density at radius 1 is 0.452 bits per heavy atom. The maximum Gasteiger partial charge on any atom is 0.244 e. The molecule has 0 heterocycles. The Kier molecular flexibility index (Phi) is 26.3. The van der Waals surface area contributed by atoms with Crippen molar-refractivity contribution in [2.45, 2.75) is 155 Å². The summed E-state index contributed by atoms with van der Waals surface area (Å²) in [4.78, 5) is 0. The predicted octanol–water partition coefficient (Wildman–Crippen LogP) is 10.8. The van der Waals surface area contributed by atoms with Crippen molar-refractivity contribution in [3.05, 3.63) is 0 Å². The lowest BCUT2D eigenvalue weighted by Gasteiger charge is -2.16. The summed E-state index contributed by atoms with van der Waals surface area (Å²) in [6.45, 7) is 5.97. The number of rotatable bonds is 26. The van der Waals surface area contributed by atoms with Crippen LogP contribution < -0.4 is 0 Å². The first-order valence-electron chi connectivity index (χ1n) is 13.7. The van der Waals surface area contributed by atoms with Crippen molar-refractivity contribution >= 4 is 29.7 Å². The molecule has 0 saturated carbocycles. The second-order valence-corrected chi connectivity index (χ2v) is 14.5. The van der Waals surface area contributed by atoms with Gasteiger partial charge in [0.05, 0.1) is 13.2 Å². The van der Waals surface area contributed by atoms with E-state index in [4.69, 9.17) is 20.9 Å². The van der Waals surface area contributed by atoms with Gasteiger partial charge in [-0.2, -0.15) is 0 Å². The van der Waals surface area contributed by atoms with E-state index in [9.17, 15) is 0 Å². The largest absolute Gasteiger partial charge is 0.322 e. The van der Waals surface area contributed by atoms with Gasteiger partial charge < -0.3 is 9.05 Å². The van der Waals surface area contributed by atoms with Crippen LogP contribution in [-0.4, -0.2) is 13.2 Å². The van der Waals surface area contributed by atoms with Crippen LogP contribution in [0.15, 0.2) is 0 Å². The predicted molar refractivity (Wildman–Crippen MR) is 148 cm³/mol. The van der Waals surface area contributed by atoms with Crippen LogP contribution in [0.3, 0.4) is 0 Å². The summed E-state index contributed by atoms with van der Waals surface area (Å²) in [6.07, 6.45) is 29.6. The first-order valence-corrected chi connectivity index (χ1v) is 17.5. The number of hydrogen-bond acceptors (Lipinski definition) is 3. The van der Waals surface area contributed by atoms with Crippen LogP contribution in [0.4, 0.5) is 0 Å². The van der Waals surface area contributed by atoms with Gasteiger partial charge in [0.15, 0.2) is 0 Å². The van der Waals surface area contributed by atoms with Gasteiger partial charge >= 0.3 is 0 Å². The van der Waals surface area contributed by atoms with Crippen LogP contribution in [0.2, 0.25) is 0 Å². The molecule has 0 saturated heterocycles. The molecule has 0 fully saturated rings. The second kappa shape index (κ2) is 25.5. The molecule has 0 unspecified atom stereocenters. The van der Waals surface area contributed by atoms with Crippen LogP contribution in [-0.2, 0) is 20.9 Å². The molecular weight excluding hydrogens is 439 g/mol. The monoisotopic (exact) mass is 494 g/mol. The topological polar surface area (TPSA) is 18.5 Å². The van der Waals surface area contributed by atoms with E-state index < -0.39 is 5.69 Å². The molecule has 0 aromatic heterocycles. The van der Waals surface area contributed by atoms with Gasteiger partial charge in [-0.25, -0.2) is 0 Å². The van der Waals surface area contributed by atoms with E-state index in [1.807, 2.05) is 0 Å². The third kappa shape index (κ3) is 27.0. The minimum absolute atomic E-state index is 0.704. The Balaban J connectivity index is 3.30. The molecular formula is C26H55O2PS2. The van der Waals surface area contributed by atoms with E-state index in [0.717, 1.165) is 12.8 Å². The van der Waals surface area contributed by atoms with Gasteiger partial charge in [0.2, 0.25) is 5.69 Å². The molecule has 0 aliphatic carbocycles. The van der Waals surface area contributed by atoms with Crippen molar-refractivity contribution in [1.29, 1.82) is 0 Å². The van der Waals surface area contributed by atoms with Crippen molar-refractivity contribution in [2.24, 2.45) is 0 Å². The minimum Gasteiger partial charge on any atom is -0.322 e. The smallest absolute Gasteiger partial charge is 0.244 e. The molecule has 5 heteroatoms. The average molecular weight is 495 g/mol. The summed E-state index contributed by atoms with van der Waals surface area (Å²) < 4.78 is 11.6. The SMILES string of the molecule is CCCCCCCCCCCCCOP(=S)(S)OCCCCCCCCCCCCC. The van der Waals surface area contributed by atoms with E-state index in [1.165, 1.54) is 128 Å². The molecule has 31 heavy (non-hydrogen) atoms. The highest BCUT2D eigenvalue weighted by atomic mass is 32.9. The van der Waals surface area contributed by atoms with Gasteiger partial charge in [0.1, 0.15) is 0 Å². The number of thiol groups is 1. The number of hydrogen-bond donors (Lipinski definition) is 1. The van der Waals surface area contributed by atoms with Gasteiger partial charge in [0.25, 0.3) is 0 Å². The van der Waals surface area contributed by atoms with Crippen LogP contribution in [0.1, 0.15) is 155 Å². The van der Waals surface area contributed by atoms with E-state index >= 15 is 0 Å². The first kappa shape index (κ1) is 31.9. The van der Waals surface area contributed by atoms with E-state index in [0.29, 0.717) is 13.2 Å². The Morgan fingerprint density at radius 2 is 0.677 bits per heavy atom. The first-order chi connectivity index (χ1) is 15.1. The third-order valence-corrected chi connectivity index (χ3v) is 8.35. The molecule has 188 valence electrons. The normalized spacial score (nSPS) is 12.0. The molecule has 0 N–H and O–H groups in total. The lowest BCUT2D eigenvalue weighted by atomic mass is 10.1. The standard InChI is InChI=1S/C26H55O2PS2/c1-3-5-7-9-11-13-15-17-19-21-23-25-27-29(30,31)28-26-24-22-20-18-16-14-12-10-8-6-4-2/h3-26H2,1-2H3,(H,30,31). The summed E-state index contributed by atoms with van der Waals surface area (Å²) in [5, 5.41) is 0. The van der Waals surface area contributed by atoms with Gasteiger partial charge in [0, 0.05) is 0 Å². The van der Waals surface area contributed by atoms with E-state index in [2.05, 4.69) is 26.1 Å². The molecule has 0 spiro atoms. The van der Waals surface area contributed by atoms with Gasteiger partial charge in [-0.15, -0.1) is 0 Å². The fourth-order valence-electron chi connectivity index (χ4n) is 3.93. The van der Waals surface area contributed by atoms with Crippen molar-refractivity contribution < 1.29 is 9.05 Å². The summed E-state index contributed by atoms with van der Waals surface area (Å²) in [7, 11) is 0. The zero-order valence-electron chi connectivity index (χ0n) is 21.1. The lowest BCUT2D eigenvalue weighted by molar-refractivity contribution is 0.250. The molecule has 0 amide bonds. The Labute approximate surface area is 206 Å². The summed E-state index contributed by atoms with van der Waals surface area (Å²) in [5.41, 5.74) is -2.32. The van der Waals surface area contributed by atoms with Crippen LogP contribution in [0, 0.1) is 0 Å². The molecule has 2 nitrogen and oxygen atoms in total. The Hall–Kier alpha value is 0.920. The van der Waals surface area contributed by atoms with Crippen molar-refractivity contribution in [3.8, 4) is 0 Å². The quantitative estimate of drug-likeness (QED) is 0.0732. The van der Waals surface area contributed by atoms with Crippen LogP contribution in [0.5, 0.6) is 0 Å². The molecule has 0 rings (SSSR count). The van der Waals surface area contributed by atoms with Crippen molar-refractivity contribution in [1.82, 2.24) is 0 Å². The highest BCUT2D eigenvalue weighted by molar-refractivity contribution is 8.60. The molecule has 0 aliphatic heterocycles. The van der Waals surface area contributed by atoms with Crippen molar-refractivity contribution in [3.63, 3.8) is 0 Å². The maximum absolute atomic E-state index is 5.78. The van der Waals surface area contributed by atoms with Crippen LogP contribution >= 0.6 is 17.9 Å². The maximum atomic E-state index is 5.78. The minimum atomic E-state index is -2.32. The van der Waals surface area contributed by atoms with Crippen molar-refractivity contribution in [2.75, 3.05) is 13.2 Å². The molecule has 0 bridgehead atoms. The van der Waals surface area contributed by atoms with Gasteiger partial charge in [-0.05, 0) is 24.6 Å². The van der Waals surface area contributed by atoms with E-state index in [1.54, 1.807) is 0 Å². The second-order valence-electron chi connectivity index (χ2n) is 9.21. The molecule has 0 aromatic carbocycles. The highest BCUT2D eigenvalue weighted by Gasteiger charge is 2.12. The highest BCUT2D eigenvalue weighted by Crippen LogP contribution is 2.53. The summed E-state index contributed by atoms with van der Waals surface area (Å²) in [6, 6.07) is 0. The fraction of sp³-hybridized carbons (Fsp3) is 1.00. The molecule has 0 radical (unpaired) electrons. The summed E-state index contributed by atoms with van der Waals surface area (Å²) in [5.74, 6) is 0. The Morgan fingerprint density at radius 3 is 0.935 bits per heavy atom. The molecule has 0 aliphatic rings. The zero-order chi connectivity index (χ0) is 22.9. The van der Waals surface area contributed by atoms with E-state index in [-0.39, 0.29) is 0 Å². The van der Waals surface area contributed by atoms with Gasteiger partial charge in [-0.1, -0.05) is 155 Å². The average Bonchev–Trinajstić information content (AvgIpc) is 2.75. The van der Waals surface area contributed by atoms with Gasteiger partial charge in [-0.3, -0.25) is 0 Å².